The van der Waals surface area contributed by atoms with Crippen LogP contribution in [0.3, 0.4) is 0 Å². The van der Waals surface area contributed by atoms with Crippen LogP contribution >= 0.6 is 0 Å². The third-order valence-corrected chi connectivity index (χ3v) is 4.39. The van der Waals surface area contributed by atoms with Crippen LogP contribution in [-0.4, -0.2) is 29.4 Å². The van der Waals surface area contributed by atoms with Gasteiger partial charge >= 0.3 is 0 Å². The summed E-state index contributed by atoms with van der Waals surface area (Å²) in [6, 6.07) is 11.0. The molecule has 1 aromatic carbocycles. The summed E-state index contributed by atoms with van der Waals surface area (Å²) in [7, 11) is 0. The summed E-state index contributed by atoms with van der Waals surface area (Å²) in [6.45, 7) is 3.64. The number of fused-ring (bicyclic) bond motifs is 1. The SMILES string of the molecule is CCCCc1ccc(NC(=O)CN2C(=O)C(C)Oc3ccc(N)nc32)cc1. The molecule has 1 aromatic heterocycles. The molecule has 1 aliphatic rings. The summed E-state index contributed by atoms with van der Waals surface area (Å²) in [5.74, 6) is 0.319. The molecule has 0 aliphatic carbocycles. The number of nitrogens with zero attached hydrogens (tertiary/aromatic N) is 2. The van der Waals surface area contributed by atoms with Crippen molar-refractivity contribution in [3.05, 3.63) is 42.0 Å². The van der Waals surface area contributed by atoms with Gasteiger partial charge in [-0.15, -0.1) is 0 Å². The minimum atomic E-state index is -0.687. The zero-order valence-corrected chi connectivity index (χ0v) is 15.6. The van der Waals surface area contributed by atoms with Crippen LogP contribution in [0.25, 0.3) is 0 Å². The molecule has 0 bridgehead atoms. The number of anilines is 3. The molecule has 0 fully saturated rings. The van der Waals surface area contributed by atoms with Crippen LogP contribution < -0.4 is 20.7 Å². The monoisotopic (exact) mass is 368 g/mol. The number of aromatic nitrogens is 1. The number of aryl methyl sites for hydroxylation is 1. The molecule has 2 heterocycles. The van der Waals surface area contributed by atoms with Crippen molar-refractivity contribution >= 4 is 29.1 Å². The molecule has 3 rings (SSSR count). The number of nitrogens with two attached hydrogens (primary N) is 1. The zero-order valence-electron chi connectivity index (χ0n) is 15.6. The number of unbranched alkanes of at least 4 members (excludes halogenated alkanes) is 1. The lowest BCUT2D eigenvalue weighted by Gasteiger charge is -2.31. The molecule has 2 amide bonds. The van der Waals surface area contributed by atoms with Gasteiger partial charge in [-0.1, -0.05) is 25.5 Å². The Bertz CT molecular complexity index is 836. The Morgan fingerprint density at radius 3 is 2.70 bits per heavy atom. The first kappa shape index (κ1) is 18.7. The molecule has 7 heteroatoms. The number of nitrogens with one attached hydrogen (secondary N) is 1. The maximum atomic E-state index is 12.5. The Kier molecular flexibility index (Phi) is 5.59. The van der Waals surface area contributed by atoms with E-state index >= 15 is 0 Å². The smallest absolute Gasteiger partial charge is 0.269 e. The normalized spacial score (nSPS) is 15.9. The van der Waals surface area contributed by atoms with Crippen LogP contribution in [0.5, 0.6) is 5.75 Å². The van der Waals surface area contributed by atoms with E-state index in [4.69, 9.17) is 10.5 Å². The zero-order chi connectivity index (χ0) is 19.4. The van der Waals surface area contributed by atoms with E-state index in [0.717, 1.165) is 19.3 Å². The molecular weight excluding hydrogens is 344 g/mol. The Hall–Kier alpha value is -3.09. The van der Waals surface area contributed by atoms with Gasteiger partial charge in [-0.05, 0) is 49.6 Å². The lowest BCUT2D eigenvalue weighted by atomic mass is 10.1. The second kappa shape index (κ2) is 8.07. The molecule has 1 atom stereocenters. The molecule has 27 heavy (non-hydrogen) atoms. The Morgan fingerprint density at radius 1 is 1.26 bits per heavy atom. The topological polar surface area (TPSA) is 97.5 Å². The number of hydrogen-bond acceptors (Lipinski definition) is 5. The molecule has 3 N–H and O–H groups in total. The first-order valence-corrected chi connectivity index (χ1v) is 9.11. The number of nitrogen functional groups attached to an aromatic ring is 1. The van der Waals surface area contributed by atoms with E-state index in [0.29, 0.717) is 11.4 Å². The molecular formula is C20H24N4O3. The van der Waals surface area contributed by atoms with Crippen molar-refractivity contribution in [2.24, 2.45) is 0 Å². The van der Waals surface area contributed by atoms with Crippen molar-refractivity contribution in [1.29, 1.82) is 0 Å². The molecule has 7 nitrogen and oxygen atoms in total. The highest BCUT2D eigenvalue weighted by molar-refractivity contribution is 6.05. The van der Waals surface area contributed by atoms with Crippen LogP contribution in [0.15, 0.2) is 36.4 Å². The van der Waals surface area contributed by atoms with Crippen molar-refractivity contribution < 1.29 is 14.3 Å². The Labute approximate surface area is 158 Å². The number of ether oxygens (including phenoxy) is 1. The van der Waals surface area contributed by atoms with Crippen molar-refractivity contribution in [1.82, 2.24) is 4.98 Å². The number of benzene rings is 1. The van der Waals surface area contributed by atoms with Crippen LogP contribution in [0.2, 0.25) is 0 Å². The van der Waals surface area contributed by atoms with E-state index in [1.54, 1.807) is 19.1 Å². The largest absolute Gasteiger partial charge is 0.477 e. The van der Waals surface area contributed by atoms with Crippen molar-refractivity contribution in [3.63, 3.8) is 0 Å². The number of rotatable bonds is 6. The van der Waals surface area contributed by atoms with Crippen LogP contribution in [-0.2, 0) is 16.0 Å². The fraction of sp³-hybridized carbons (Fsp3) is 0.350. The molecule has 0 saturated carbocycles. The highest BCUT2D eigenvalue weighted by atomic mass is 16.5. The minimum absolute atomic E-state index is 0.159. The lowest BCUT2D eigenvalue weighted by Crippen LogP contribution is -2.48. The number of amides is 2. The average Bonchev–Trinajstić information content (AvgIpc) is 2.65. The third-order valence-electron chi connectivity index (χ3n) is 4.39. The number of carbonyl (C=O) groups is 2. The van der Waals surface area contributed by atoms with E-state index in [1.807, 2.05) is 24.3 Å². The summed E-state index contributed by atoms with van der Waals surface area (Å²) >= 11 is 0. The number of carbonyl (C=O) groups excluding carboxylic acids is 2. The van der Waals surface area contributed by atoms with Gasteiger partial charge in [-0.3, -0.25) is 14.5 Å². The highest BCUT2D eigenvalue weighted by Crippen LogP contribution is 2.32. The van der Waals surface area contributed by atoms with Gasteiger partial charge < -0.3 is 15.8 Å². The van der Waals surface area contributed by atoms with Gasteiger partial charge in [0.2, 0.25) is 5.91 Å². The molecule has 142 valence electrons. The third kappa shape index (κ3) is 4.36. The number of hydrogen-bond donors (Lipinski definition) is 2. The molecule has 2 aromatic rings. The van der Waals surface area contributed by atoms with Gasteiger partial charge in [0.05, 0.1) is 0 Å². The highest BCUT2D eigenvalue weighted by Gasteiger charge is 2.34. The van der Waals surface area contributed by atoms with E-state index in [2.05, 4.69) is 17.2 Å². The van der Waals surface area contributed by atoms with Crippen LogP contribution in [0, 0.1) is 0 Å². The summed E-state index contributed by atoms with van der Waals surface area (Å²) < 4.78 is 5.53. The first-order valence-electron chi connectivity index (χ1n) is 9.11. The minimum Gasteiger partial charge on any atom is -0.477 e. The second-order valence-corrected chi connectivity index (χ2v) is 6.59. The van der Waals surface area contributed by atoms with Crippen LogP contribution in [0.1, 0.15) is 32.3 Å². The summed E-state index contributed by atoms with van der Waals surface area (Å²) in [5, 5.41) is 2.82. The molecule has 0 radical (unpaired) electrons. The first-order chi connectivity index (χ1) is 13.0. The number of pyridine rings is 1. The standard InChI is InChI=1S/C20H24N4O3/c1-3-4-5-14-6-8-15(9-7-14)22-18(25)12-24-19-16(10-11-17(21)23-19)27-13(2)20(24)26/h6-11,13H,3-5,12H2,1-2H3,(H2,21,23)(H,22,25). The summed E-state index contributed by atoms with van der Waals surface area (Å²) in [6.07, 6.45) is 2.62. The van der Waals surface area contributed by atoms with Gasteiger partial charge in [-0.2, -0.15) is 0 Å². The Balaban J connectivity index is 1.70. The van der Waals surface area contributed by atoms with Crippen molar-refractivity contribution in [3.8, 4) is 5.75 Å². The molecule has 1 unspecified atom stereocenters. The second-order valence-electron chi connectivity index (χ2n) is 6.59. The van der Waals surface area contributed by atoms with E-state index in [-0.39, 0.29) is 30.0 Å². The quantitative estimate of drug-likeness (QED) is 0.817. The van der Waals surface area contributed by atoms with Gasteiger partial charge in [-0.25, -0.2) is 4.98 Å². The lowest BCUT2D eigenvalue weighted by molar-refractivity contribution is -0.127. The van der Waals surface area contributed by atoms with Gasteiger partial charge in [0, 0.05) is 5.69 Å². The van der Waals surface area contributed by atoms with E-state index in [9.17, 15) is 9.59 Å². The van der Waals surface area contributed by atoms with Gasteiger partial charge in [0.25, 0.3) is 5.91 Å². The van der Waals surface area contributed by atoms with Gasteiger partial charge in [0.15, 0.2) is 17.7 Å². The predicted molar refractivity (Wildman–Crippen MR) is 105 cm³/mol. The van der Waals surface area contributed by atoms with E-state index < -0.39 is 6.10 Å². The molecule has 1 aliphatic heterocycles. The maximum absolute atomic E-state index is 12.5. The van der Waals surface area contributed by atoms with Crippen molar-refractivity contribution in [2.75, 3.05) is 22.5 Å². The van der Waals surface area contributed by atoms with Crippen LogP contribution in [0.4, 0.5) is 17.3 Å². The van der Waals surface area contributed by atoms with Crippen molar-refractivity contribution in [2.45, 2.75) is 39.2 Å². The average molecular weight is 368 g/mol. The molecule has 0 saturated heterocycles. The fourth-order valence-electron chi connectivity index (χ4n) is 2.93. The van der Waals surface area contributed by atoms with Gasteiger partial charge in [0.1, 0.15) is 12.4 Å². The summed E-state index contributed by atoms with van der Waals surface area (Å²) in [5.41, 5.74) is 7.65. The summed E-state index contributed by atoms with van der Waals surface area (Å²) in [4.78, 5) is 30.4. The maximum Gasteiger partial charge on any atom is 0.269 e. The Morgan fingerprint density at radius 2 is 2.00 bits per heavy atom. The molecule has 0 spiro atoms. The van der Waals surface area contributed by atoms with E-state index in [1.165, 1.54) is 10.5 Å². The fourth-order valence-corrected chi connectivity index (χ4v) is 2.93. The predicted octanol–water partition coefficient (Wildman–Crippen LogP) is 2.76.